The lowest BCUT2D eigenvalue weighted by Gasteiger charge is -2.51. The van der Waals surface area contributed by atoms with Gasteiger partial charge in [0.1, 0.15) is 0 Å². The Labute approximate surface area is 114 Å². The average Bonchev–Trinajstić information content (AvgIpc) is 3.21. The first-order valence-corrected chi connectivity index (χ1v) is 8.03. The minimum Gasteiger partial charge on any atom is -0.308 e. The summed E-state index contributed by atoms with van der Waals surface area (Å²) >= 11 is 0. The van der Waals surface area contributed by atoms with Crippen molar-refractivity contribution in [2.75, 3.05) is 13.1 Å². The summed E-state index contributed by atoms with van der Waals surface area (Å²) in [6.45, 7) is 14.3. The molecule has 1 heterocycles. The molecule has 2 heteroatoms. The summed E-state index contributed by atoms with van der Waals surface area (Å²) in [5.74, 6) is 1.74. The van der Waals surface area contributed by atoms with Crippen LogP contribution in [0.5, 0.6) is 0 Å². The lowest BCUT2D eigenvalue weighted by Crippen LogP contribution is -2.66. The van der Waals surface area contributed by atoms with E-state index in [2.05, 4.69) is 44.8 Å². The molecule has 2 atom stereocenters. The van der Waals surface area contributed by atoms with Crippen molar-refractivity contribution in [1.82, 2.24) is 10.2 Å². The first-order valence-electron chi connectivity index (χ1n) is 8.03. The maximum atomic E-state index is 3.87. The Bertz CT molecular complexity index is 266. The molecule has 1 saturated carbocycles. The molecular weight excluding hydrogens is 220 g/mol. The second-order valence-electron chi connectivity index (χ2n) is 6.93. The lowest BCUT2D eigenvalue weighted by atomic mass is 9.85. The molecule has 2 nitrogen and oxygen atoms in total. The Balaban J connectivity index is 2.12. The van der Waals surface area contributed by atoms with E-state index in [-0.39, 0.29) is 0 Å². The number of piperazine rings is 1. The van der Waals surface area contributed by atoms with Crippen molar-refractivity contribution >= 4 is 0 Å². The van der Waals surface area contributed by atoms with Crippen molar-refractivity contribution < 1.29 is 0 Å². The fourth-order valence-corrected chi connectivity index (χ4v) is 3.60. The van der Waals surface area contributed by atoms with Crippen LogP contribution in [0, 0.1) is 11.8 Å². The number of nitrogens with zero attached hydrogens (tertiary/aromatic N) is 1. The molecule has 2 fully saturated rings. The van der Waals surface area contributed by atoms with E-state index in [1.807, 2.05) is 0 Å². The predicted molar refractivity (Wildman–Crippen MR) is 78.8 cm³/mol. The second-order valence-corrected chi connectivity index (χ2v) is 6.93. The van der Waals surface area contributed by atoms with Crippen LogP contribution in [0.4, 0.5) is 0 Å². The normalized spacial score (nSPS) is 30.7. The number of hydrogen-bond donors (Lipinski definition) is 1. The summed E-state index contributed by atoms with van der Waals surface area (Å²) in [5.41, 5.74) is 0.370. The smallest absolute Gasteiger partial charge is 0.0304 e. The van der Waals surface area contributed by atoms with Gasteiger partial charge < -0.3 is 5.32 Å². The Morgan fingerprint density at radius 2 is 1.78 bits per heavy atom. The fraction of sp³-hybridized carbons (Fsp3) is 1.00. The molecule has 1 aliphatic heterocycles. The van der Waals surface area contributed by atoms with Crippen LogP contribution in [0.25, 0.3) is 0 Å². The standard InChI is InChI=1S/C16H32N2/c1-6-16(7-2)11-18(13(5)14-8-9-14)15(10-17-16)12(3)4/h12-15,17H,6-11H2,1-5H3. The van der Waals surface area contributed by atoms with Crippen molar-refractivity contribution in [1.29, 1.82) is 0 Å². The van der Waals surface area contributed by atoms with Crippen LogP contribution in [0.1, 0.15) is 60.3 Å². The van der Waals surface area contributed by atoms with Crippen LogP contribution in [0.15, 0.2) is 0 Å². The molecule has 1 aliphatic carbocycles. The van der Waals surface area contributed by atoms with E-state index < -0.39 is 0 Å². The molecule has 0 aromatic carbocycles. The van der Waals surface area contributed by atoms with E-state index >= 15 is 0 Å². The molecule has 1 N–H and O–H groups in total. The zero-order chi connectivity index (χ0) is 13.3. The predicted octanol–water partition coefficient (Wildman–Crippen LogP) is 3.27. The van der Waals surface area contributed by atoms with E-state index in [4.69, 9.17) is 0 Å². The maximum Gasteiger partial charge on any atom is 0.0304 e. The summed E-state index contributed by atoms with van der Waals surface area (Å²) in [4.78, 5) is 2.84. The van der Waals surface area contributed by atoms with Gasteiger partial charge in [-0.15, -0.1) is 0 Å². The van der Waals surface area contributed by atoms with Crippen molar-refractivity contribution in [3.8, 4) is 0 Å². The molecule has 0 spiro atoms. The van der Waals surface area contributed by atoms with Crippen LogP contribution >= 0.6 is 0 Å². The Morgan fingerprint density at radius 3 is 2.22 bits per heavy atom. The molecule has 1 saturated heterocycles. The fourth-order valence-electron chi connectivity index (χ4n) is 3.60. The van der Waals surface area contributed by atoms with Gasteiger partial charge in [-0.05, 0) is 44.4 Å². The van der Waals surface area contributed by atoms with E-state index in [9.17, 15) is 0 Å². The largest absolute Gasteiger partial charge is 0.308 e. The third kappa shape index (κ3) is 2.75. The van der Waals surface area contributed by atoms with Gasteiger partial charge in [-0.25, -0.2) is 0 Å². The van der Waals surface area contributed by atoms with Crippen LogP contribution in [0.3, 0.4) is 0 Å². The average molecular weight is 252 g/mol. The van der Waals surface area contributed by atoms with E-state index in [0.29, 0.717) is 5.54 Å². The van der Waals surface area contributed by atoms with Gasteiger partial charge in [0, 0.05) is 30.7 Å². The van der Waals surface area contributed by atoms with Gasteiger partial charge in [-0.1, -0.05) is 27.7 Å². The summed E-state index contributed by atoms with van der Waals surface area (Å²) in [6.07, 6.45) is 5.42. The maximum absolute atomic E-state index is 3.87. The molecular formula is C16H32N2. The van der Waals surface area contributed by atoms with Gasteiger partial charge in [0.05, 0.1) is 0 Å². The van der Waals surface area contributed by atoms with E-state index in [1.165, 1.54) is 38.8 Å². The minimum absolute atomic E-state index is 0.370. The molecule has 18 heavy (non-hydrogen) atoms. The van der Waals surface area contributed by atoms with Crippen molar-refractivity contribution in [2.24, 2.45) is 11.8 Å². The van der Waals surface area contributed by atoms with Gasteiger partial charge in [-0.3, -0.25) is 4.90 Å². The third-order valence-corrected chi connectivity index (χ3v) is 5.55. The molecule has 0 amide bonds. The Kier molecular flexibility index (Phi) is 4.38. The number of rotatable bonds is 5. The highest BCUT2D eigenvalue weighted by atomic mass is 15.3. The van der Waals surface area contributed by atoms with E-state index in [1.54, 1.807) is 0 Å². The van der Waals surface area contributed by atoms with Crippen LogP contribution in [-0.4, -0.2) is 35.6 Å². The molecule has 0 aromatic heterocycles. The molecule has 0 aromatic rings. The van der Waals surface area contributed by atoms with Gasteiger partial charge in [0.15, 0.2) is 0 Å². The molecule has 0 radical (unpaired) electrons. The quantitative estimate of drug-likeness (QED) is 0.808. The minimum atomic E-state index is 0.370. The number of hydrogen-bond acceptors (Lipinski definition) is 2. The Hall–Kier alpha value is -0.0800. The molecule has 106 valence electrons. The first-order chi connectivity index (χ1) is 8.53. The number of nitrogens with one attached hydrogen (secondary N) is 1. The monoisotopic (exact) mass is 252 g/mol. The second kappa shape index (κ2) is 5.50. The zero-order valence-electron chi connectivity index (χ0n) is 13.0. The van der Waals surface area contributed by atoms with Crippen molar-refractivity contribution in [3.05, 3.63) is 0 Å². The van der Waals surface area contributed by atoms with Crippen LogP contribution in [0.2, 0.25) is 0 Å². The molecule has 2 unspecified atom stereocenters. The highest BCUT2D eigenvalue weighted by molar-refractivity contribution is 5.01. The zero-order valence-corrected chi connectivity index (χ0v) is 13.0. The van der Waals surface area contributed by atoms with Crippen LogP contribution < -0.4 is 5.32 Å². The third-order valence-electron chi connectivity index (χ3n) is 5.55. The van der Waals surface area contributed by atoms with Gasteiger partial charge in [-0.2, -0.15) is 0 Å². The summed E-state index contributed by atoms with van der Waals surface area (Å²) in [6, 6.07) is 1.52. The summed E-state index contributed by atoms with van der Waals surface area (Å²) in [7, 11) is 0. The molecule has 2 aliphatic rings. The summed E-state index contributed by atoms with van der Waals surface area (Å²) in [5, 5.41) is 3.87. The molecule has 2 rings (SSSR count). The van der Waals surface area contributed by atoms with Crippen molar-refractivity contribution in [2.45, 2.75) is 77.9 Å². The first kappa shape index (κ1) is 14.3. The van der Waals surface area contributed by atoms with Gasteiger partial charge in [0.2, 0.25) is 0 Å². The summed E-state index contributed by atoms with van der Waals surface area (Å²) < 4.78 is 0. The SMILES string of the molecule is CCC1(CC)CN(C(C)C2CC2)C(C(C)C)CN1. The highest BCUT2D eigenvalue weighted by Crippen LogP contribution is 2.38. The van der Waals surface area contributed by atoms with Crippen LogP contribution in [-0.2, 0) is 0 Å². The van der Waals surface area contributed by atoms with Gasteiger partial charge in [0.25, 0.3) is 0 Å². The Morgan fingerprint density at radius 1 is 1.17 bits per heavy atom. The lowest BCUT2D eigenvalue weighted by molar-refractivity contribution is 0.0153. The highest BCUT2D eigenvalue weighted by Gasteiger charge is 2.43. The van der Waals surface area contributed by atoms with Gasteiger partial charge >= 0.3 is 0 Å². The molecule has 0 bridgehead atoms. The topological polar surface area (TPSA) is 15.3 Å². The van der Waals surface area contributed by atoms with Crippen molar-refractivity contribution in [3.63, 3.8) is 0 Å². The van der Waals surface area contributed by atoms with E-state index in [0.717, 1.165) is 23.9 Å².